The normalized spacial score (nSPS) is 15.5. The van der Waals surface area contributed by atoms with Crippen LogP contribution in [0.15, 0.2) is 16.6 Å². The standard InChI is InChI=1S/C15H27N3O2/c1-3-16-15(18-12-10-14(19)20-2)17-11-9-13-7-5-4-6-8-13/h7H,3-6,8-12H2,1-2H3,(H2,16,17,18). The molecule has 0 bridgehead atoms. The first-order valence-corrected chi connectivity index (χ1v) is 7.53. The minimum Gasteiger partial charge on any atom is -0.469 e. The topological polar surface area (TPSA) is 62.7 Å². The van der Waals surface area contributed by atoms with Crippen LogP contribution in [-0.4, -0.2) is 38.7 Å². The van der Waals surface area contributed by atoms with Crippen LogP contribution in [-0.2, 0) is 9.53 Å². The number of nitrogens with zero attached hydrogens (tertiary/aromatic N) is 1. The molecule has 20 heavy (non-hydrogen) atoms. The van der Waals surface area contributed by atoms with E-state index in [-0.39, 0.29) is 5.97 Å². The highest BCUT2D eigenvalue weighted by atomic mass is 16.5. The summed E-state index contributed by atoms with van der Waals surface area (Å²) < 4.78 is 4.60. The second-order valence-electron chi connectivity index (χ2n) is 4.87. The molecule has 0 aromatic heterocycles. The molecular formula is C15H27N3O2. The zero-order valence-corrected chi connectivity index (χ0v) is 12.7. The summed E-state index contributed by atoms with van der Waals surface area (Å²) in [7, 11) is 1.40. The molecule has 1 aliphatic rings. The van der Waals surface area contributed by atoms with Gasteiger partial charge in [-0.1, -0.05) is 11.6 Å². The Labute approximate surface area is 121 Å². The zero-order chi connectivity index (χ0) is 14.6. The monoisotopic (exact) mass is 281 g/mol. The van der Waals surface area contributed by atoms with Crippen molar-refractivity contribution in [3.63, 3.8) is 0 Å². The fourth-order valence-corrected chi connectivity index (χ4v) is 2.18. The van der Waals surface area contributed by atoms with Gasteiger partial charge in [-0.05, 0) is 39.0 Å². The number of methoxy groups -OCH3 is 1. The van der Waals surface area contributed by atoms with E-state index in [2.05, 4.69) is 26.4 Å². The third-order valence-corrected chi connectivity index (χ3v) is 3.28. The van der Waals surface area contributed by atoms with Gasteiger partial charge >= 0.3 is 5.97 Å². The first kappa shape index (κ1) is 16.5. The number of allylic oxidation sites excluding steroid dienone is 1. The minimum atomic E-state index is -0.225. The molecule has 5 heteroatoms. The second kappa shape index (κ2) is 10.3. The van der Waals surface area contributed by atoms with Gasteiger partial charge in [-0.15, -0.1) is 0 Å². The predicted octanol–water partition coefficient (Wildman–Crippen LogP) is 2.00. The molecule has 0 saturated carbocycles. The van der Waals surface area contributed by atoms with Crippen molar-refractivity contribution in [3.05, 3.63) is 11.6 Å². The van der Waals surface area contributed by atoms with E-state index in [0.29, 0.717) is 13.0 Å². The number of nitrogens with one attached hydrogen (secondary N) is 2. The maximum atomic E-state index is 11.0. The Balaban J connectivity index is 2.28. The van der Waals surface area contributed by atoms with Crippen molar-refractivity contribution in [1.29, 1.82) is 0 Å². The average molecular weight is 281 g/mol. The Morgan fingerprint density at radius 3 is 2.90 bits per heavy atom. The van der Waals surface area contributed by atoms with Crippen LogP contribution in [0.3, 0.4) is 0 Å². The molecule has 0 unspecified atom stereocenters. The number of hydrogen-bond acceptors (Lipinski definition) is 3. The highest BCUT2D eigenvalue weighted by molar-refractivity contribution is 5.80. The summed E-state index contributed by atoms with van der Waals surface area (Å²) in [5.74, 6) is 0.546. The van der Waals surface area contributed by atoms with Gasteiger partial charge in [-0.25, -0.2) is 0 Å². The van der Waals surface area contributed by atoms with Gasteiger partial charge < -0.3 is 15.4 Å². The first-order valence-electron chi connectivity index (χ1n) is 7.53. The zero-order valence-electron chi connectivity index (χ0n) is 12.7. The fraction of sp³-hybridized carbons (Fsp3) is 0.733. The van der Waals surface area contributed by atoms with E-state index in [1.165, 1.54) is 32.8 Å². The van der Waals surface area contributed by atoms with Crippen LogP contribution in [0.4, 0.5) is 0 Å². The van der Waals surface area contributed by atoms with E-state index in [4.69, 9.17) is 0 Å². The highest BCUT2D eigenvalue weighted by Crippen LogP contribution is 2.19. The van der Waals surface area contributed by atoms with Crippen molar-refractivity contribution >= 4 is 11.9 Å². The number of ether oxygens (including phenoxy) is 1. The quantitative estimate of drug-likeness (QED) is 0.324. The summed E-state index contributed by atoms with van der Waals surface area (Å²) in [6, 6.07) is 0. The van der Waals surface area contributed by atoms with Crippen molar-refractivity contribution < 1.29 is 9.53 Å². The van der Waals surface area contributed by atoms with Crippen LogP contribution in [0.5, 0.6) is 0 Å². The predicted molar refractivity (Wildman–Crippen MR) is 81.8 cm³/mol. The van der Waals surface area contributed by atoms with Gasteiger partial charge in [0.25, 0.3) is 0 Å². The lowest BCUT2D eigenvalue weighted by molar-refractivity contribution is -0.140. The summed E-state index contributed by atoms with van der Waals surface area (Å²) >= 11 is 0. The summed E-state index contributed by atoms with van der Waals surface area (Å²) in [5.41, 5.74) is 1.55. The molecule has 1 aliphatic carbocycles. The van der Waals surface area contributed by atoms with Crippen LogP contribution in [0, 0.1) is 0 Å². The van der Waals surface area contributed by atoms with Gasteiger partial charge in [0.15, 0.2) is 5.96 Å². The van der Waals surface area contributed by atoms with E-state index >= 15 is 0 Å². The van der Waals surface area contributed by atoms with Crippen molar-refractivity contribution in [3.8, 4) is 0 Å². The minimum absolute atomic E-state index is 0.225. The van der Waals surface area contributed by atoms with Crippen LogP contribution in [0.2, 0.25) is 0 Å². The molecule has 0 radical (unpaired) electrons. The number of carbonyl (C=O) groups is 1. The molecule has 0 fully saturated rings. The molecule has 0 heterocycles. The summed E-state index contributed by atoms with van der Waals surface area (Å²) in [4.78, 5) is 15.4. The smallest absolute Gasteiger partial charge is 0.307 e. The number of esters is 1. The molecule has 5 nitrogen and oxygen atoms in total. The van der Waals surface area contributed by atoms with Crippen LogP contribution in [0.1, 0.15) is 45.4 Å². The number of guanidine groups is 1. The van der Waals surface area contributed by atoms with E-state index in [9.17, 15) is 4.79 Å². The average Bonchev–Trinajstić information content (AvgIpc) is 2.48. The molecule has 0 saturated heterocycles. The Morgan fingerprint density at radius 2 is 2.25 bits per heavy atom. The lowest BCUT2D eigenvalue weighted by Gasteiger charge is -2.15. The SMILES string of the molecule is CCNC(=NCCC(=O)OC)NCCC1=CCCCC1. The molecule has 0 atom stereocenters. The number of hydrogen-bond donors (Lipinski definition) is 2. The second-order valence-corrected chi connectivity index (χ2v) is 4.87. The molecule has 2 N–H and O–H groups in total. The van der Waals surface area contributed by atoms with Gasteiger partial charge in [0.2, 0.25) is 0 Å². The number of aliphatic imine (C=N–C) groups is 1. The summed E-state index contributed by atoms with van der Waals surface area (Å²) in [5, 5.41) is 6.49. The Hall–Kier alpha value is -1.52. The van der Waals surface area contributed by atoms with Gasteiger partial charge in [-0.3, -0.25) is 9.79 Å². The Morgan fingerprint density at radius 1 is 1.40 bits per heavy atom. The third-order valence-electron chi connectivity index (χ3n) is 3.28. The van der Waals surface area contributed by atoms with E-state index < -0.39 is 0 Å². The van der Waals surface area contributed by atoms with Crippen molar-refractivity contribution in [2.45, 2.75) is 45.4 Å². The molecule has 0 aromatic carbocycles. The van der Waals surface area contributed by atoms with Crippen LogP contribution < -0.4 is 10.6 Å². The largest absolute Gasteiger partial charge is 0.469 e. The fourth-order valence-electron chi connectivity index (χ4n) is 2.18. The Kier molecular flexibility index (Phi) is 8.51. The van der Waals surface area contributed by atoms with E-state index in [0.717, 1.165) is 25.5 Å². The van der Waals surface area contributed by atoms with E-state index in [1.54, 1.807) is 5.57 Å². The summed E-state index contributed by atoms with van der Waals surface area (Å²) in [6.45, 7) is 4.18. The Bertz CT molecular complexity index is 351. The third kappa shape index (κ3) is 7.16. The summed E-state index contributed by atoms with van der Waals surface area (Å²) in [6.07, 6.45) is 8.86. The molecule has 0 aromatic rings. The van der Waals surface area contributed by atoms with Gasteiger partial charge in [0.05, 0.1) is 20.1 Å². The van der Waals surface area contributed by atoms with Crippen molar-refractivity contribution in [2.24, 2.45) is 4.99 Å². The lowest BCUT2D eigenvalue weighted by atomic mass is 9.97. The molecule has 1 rings (SSSR count). The molecule has 0 aliphatic heterocycles. The molecule has 114 valence electrons. The van der Waals surface area contributed by atoms with Crippen LogP contribution in [0.25, 0.3) is 0 Å². The van der Waals surface area contributed by atoms with Gasteiger partial charge in [0.1, 0.15) is 0 Å². The molecule has 0 spiro atoms. The number of carbonyl (C=O) groups excluding carboxylic acids is 1. The lowest BCUT2D eigenvalue weighted by Crippen LogP contribution is -2.38. The maximum absolute atomic E-state index is 11.0. The maximum Gasteiger partial charge on any atom is 0.307 e. The van der Waals surface area contributed by atoms with Crippen LogP contribution >= 0.6 is 0 Å². The van der Waals surface area contributed by atoms with Gasteiger partial charge in [-0.2, -0.15) is 0 Å². The molecule has 0 amide bonds. The highest BCUT2D eigenvalue weighted by Gasteiger charge is 2.04. The van der Waals surface area contributed by atoms with Crippen molar-refractivity contribution in [2.75, 3.05) is 26.7 Å². The van der Waals surface area contributed by atoms with E-state index in [1.807, 2.05) is 6.92 Å². The first-order chi connectivity index (χ1) is 9.76. The van der Waals surface area contributed by atoms with Crippen molar-refractivity contribution in [1.82, 2.24) is 10.6 Å². The van der Waals surface area contributed by atoms with Gasteiger partial charge in [0, 0.05) is 13.1 Å². The number of rotatable bonds is 7. The molecular weight excluding hydrogens is 254 g/mol.